The van der Waals surface area contributed by atoms with E-state index in [1.165, 1.54) is 0 Å². The molecular weight excluding hydrogens is 496 g/mol. The van der Waals surface area contributed by atoms with Gasteiger partial charge in [0.15, 0.2) is 0 Å². The lowest BCUT2D eigenvalue weighted by molar-refractivity contribution is 0.415. The molecule has 0 saturated heterocycles. The number of methoxy groups -OCH3 is 1. The SMILES string of the molecule is COc1ccc(-c2[nH]c3ccccc3c2CCNS(=O)(=O)c2ccc(-c3cc4ccccc4o3)cc2)cc1. The molecule has 6 aromatic rings. The van der Waals surface area contributed by atoms with Gasteiger partial charge in [-0.3, -0.25) is 0 Å². The van der Waals surface area contributed by atoms with Gasteiger partial charge in [-0.15, -0.1) is 0 Å². The summed E-state index contributed by atoms with van der Waals surface area (Å²) in [4.78, 5) is 3.72. The fraction of sp³-hybridized carbons (Fsp3) is 0.0968. The third-order valence-corrected chi connectivity index (χ3v) is 8.21. The van der Waals surface area contributed by atoms with Gasteiger partial charge in [-0.2, -0.15) is 0 Å². The number of aromatic nitrogens is 1. The Balaban J connectivity index is 1.21. The fourth-order valence-corrected chi connectivity index (χ4v) is 5.81. The number of fused-ring (bicyclic) bond motifs is 2. The number of furan rings is 1. The number of hydrogen-bond acceptors (Lipinski definition) is 4. The lowest BCUT2D eigenvalue weighted by Gasteiger charge is -2.09. The molecule has 6 nitrogen and oxygen atoms in total. The monoisotopic (exact) mass is 522 g/mol. The standard InChI is InChI=1S/C31H26N2O4S/c1-36-24-14-10-22(11-15-24)31-27(26-7-3-4-8-28(26)33-31)18-19-32-38(34,35)25-16-12-21(13-17-25)30-20-23-6-2-5-9-29(23)37-30/h2-17,20,32-33H,18-19H2,1H3. The highest BCUT2D eigenvalue weighted by Crippen LogP contribution is 2.32. The Bertz CT molecular complexity index is 1800. The first-order valence-electron chi connectivity index (χ1n) is 12.3. The van der Waals surface area contributed by atoms with Gasteiger partial charge in [0.25, 0.3) is 0 Å². The van der Waals surface area contributed by atoms with Crippen LogP contribution in [0, 0.1) is 0 Å². The quantitative estimate of drug-likeness (QED) is 0.231. The Labute approximate surface area is 220 Å². The third kappa shape index (κ3) is 4.58. The first kappa shape index (κ1) is 24.0. The van der Waals surface area contributed by atoms with Gasteiger partial charge in [-0.05, 0) is 84.3 Å². The van der Waals surface area contributed by atoms with Crippen LogP contribution >= 0.6 is 0 Å². The number of para-hydroxylation sites is 2. The molecule has 0 aliphatic heterocycles. The Hall–Kier alpha value is -4.33. The van der Waals surface area contributed by atoms with Crippen LogP contribution in [-0.2, 0) is 16.4 Å². The van der Waals surface area contributed by atoms with Crippen molar-refractivity contribution in [3.63, 3.8) is 0 Å². The Morgan fingerprint density at radius 2 is 1.55 bits per heavy atom. The van der Waals surface area contributed by atoms with E-state index >= 15 is 0 Å². The van der Waals surface area contributed by atoms with Gasteiger partial charge in [0.2, 0.25) is 10.0 Å². The molecule has 0 atom stereocenters. The van der Waals surface area contributed by atoms with Gasteiger partial charge >= 0.3 is 0 Å². The summed E-state index contributed by atoms with van der Waals surface area (Å²) in [6, 6.07) is 32.4. The van der Waals surface area contributed by atoms with Crippen molar-refractivity contribution in [2.75, 3.05) is 13.7 Å². The number of sulfonamides is 1. The molecule has 0 radical (unpaired) electrons. The van der Waals surface area contributed by atoms with Crippen molar-refractivity contribution in [3.05, 3.63) is 109 Å². The summed E-state index contributed by atoms with van der Waals surface area (Å²) >= 11 is 0. The highest BCUT2D eigenvalue weighted by Gasteiger charge is 2.17. The summed E-state index contributed by atoms with van der Waals surface area (Å²) in [5.41, 5.74) is 5.69. The second-order valence-electron chi connectivity index (χ2n) is 9.07. The molecule has 38 heavy (non-hydrogen) atoms. The summed E-state index contributed by atoms with van der Waals surface area (Å²) < 4.78 is 40.1. The highest BCUT2D eigenvalue weighted by atomic mass is 32.2. The number of ether oxygens (including phenoxy) is 1. The van der Waals surface area contributed by atoms with Crippen LogP contribution in [0.1, 0.15) is 5.56 Å². The maximum atomic E-state index is 13.1. The van der Waals surface area contributed by atoms with Crippen molar-refractivity contribution < 1.29 is 17.6 Å². The third-order valence-electron chi connectivity index (χ3n) is 6.73. The van der Waals surface area contributed by atoms with Crippen molar-refractivity contribution in [2.45, 2.75) is 11.3 Å². The van der Waals surface area contributed by atoms with Crippen molar-refractivity contribution >= 4 is 31.9 Å². The zero-order valence-corrected chi connectivity index (χ0v) is 21.6. The van der Waals surface area contributed by atoms with E-state index in [1.807, 2.05) is 72.8 Å². The van der Waals surface area contributed by atoms with E-state index in [-0.39, 0.29) is 11.4 Å². The van der Waals surface area contributed by atoms with Crippen molar-refractivity contribution in [3.8, 4) is 28.3 Å². The first-order valence-corrected chi connectivity index (χ1v) is 13.8. The van der Waals surface area contributed by atoms with E-state index in [0.29, 0.717) is 12.2 Å². The minimum atomic E-state index is -3.68. The molecule has 190 valence electrons. The van der Waals surface area contributed by atoms with Crippen LogP contribution in [0.3, 0.4) is 0 Å². The summed E-state index contributed by atoms with van der Waals surface area (Å²) in [6.07, 6.45) is 0.529. The largest absolute Gasteiger partial charge is 0.497 e. The molecule has 0 aliphatic rings. The minimum absolute atomic E-state index is 0.215. The maximum Gasteiger partial charge on any atom is 0.240 e. The number of H-pyrrole nitrogens is 1. The number of aromatic amines is 1. The Kier molecular flexibility index (Phi) is 6.23. The van der Waals surface area contributed by atoms with Gasteiger partial charge in [0.1, 0.15) is 17.1 Å². The normalized spacial score (nSPS) is 11.8. The van der Waals surface area contributed by atoms with E-state index in [4.69, 9.17) is 9.15 Å². The number of nitrogens with one attached hydrogen (secondary N) is 2. The molecule has 4 aromatic carbocycles. The van der Waals surface area contributed by atoms with Crippen molar-refractivity contribution in [1.29, 1.82) is 0 Å². The molecular formula is C31H26N2O4S. The summed E-state index contributed by atoms with van der Waals surface area (Å²) in [7, 11) is -2.04. The minimum Gasteiger partial charge on any atom is -0.497 e. The summed E-state index contributed by atoms with van der Waals surface area (Å²) in [5, 5.41) is 2.08. The van der Waals surface area contributed by atoms with E-state index in [9.17, 15) is 8.42 Å². The molecule has 0 fully saturated rings. The number of hydrogen-bond donors (Lipinski definition) is 2. The van der Waals surface area contributed by atoms with Crippen molar-refractivity contribution in [1.82, 2.24) is 9.71 Å². The van der Waals surface area contributed by atoms with Gasteiger partial charge in [0.05, 0.1) is 12.0 Å². The molecule has 2 N–H and O–H groups in total. The molecule has 0 aliphatic carbocycles. The van der Waals surface area contributed by atoms with E-state index in [0.717, 1.165) is 50.0 Å². The highest BCUT2D eigenvalue weighted by molar-refractivity contribution is 7.89. The van der Waals surface area contributed by atoms with Gasteiger partial charge in [-0.1, -0.05) is 36.4 Å². The fourth-order valence-electron chi connectivity index (χ4n) is 4.78. The van der Waals surface area contributed by atoms with Crippen molar-refractivity contribution in [2.24, 2.45) is 0 Å². The smallest absolute Gasteiger partial charge is 0.240 e. The molecule has 2 heterocycles. The Morgan fingerprint density at radius 1 is 0.842 bits per heavy atom. The molecule has 6 rings (SSSR count). The van der Waals surface area contributed by atoms with Crippen LogP contribution in [0.4, 0.5) is 0 Å². The molecule has 0 bridgehead atoms. The maximum absolute atomic E-state index is 13.1. The van der Waals surface area contributed by atoms with Crippen LogP contribution in [0.5, 0.6) is 5.75 Å². The van der Waals surface area contributed by atoms with Crippen LogP contribution in [0.2, 0.25) is 0 Å². The predicted octanol–water partition coefficient (Wildman–Crippen LogP) is 6.78. The average Bonchev–Trinajstić information content (AvgIpc) is 3.55. The van der Waals surface area contributed by atoms with Crippen LogP contribution in [0.15, 0.2) is 112 Å². The first-order chi connectivity index (χ1) is 18.5. The second kappa shape index (κ2) is 9.85. The number of benzene rings is 4. The van der Waals surface area contributed by atoms with E-state index in [2.05, 4.69) is 15.8 Å². The zero-order valence-electron chi connectivity index (χ0n) is 20.8. The molecule has 2 aromatic heterocycles. The molecule has 0 unspecified atom stereocenters. The topological polar surface area (TPSA) is 84.3 Å². The summed E-state index contributed by atoms with van der Waals surface area (Å²) in [5.74, 6) is 1.49. The van der Waals surface area contributed by atoms with Gasteiger partial charge < -0.3 is 14.1 Å². The van der Waals surface area contributed by atoms with E-state index in [1.54, 1.807) is 31.4 Å². The lowest BCUT2D eigenvalue weighted by Crippen LogP contribution is -2.26. The Morgan fingerprint density at radius 3 is 2.32 bits per heavy atom. The lowest BCUT2D eigenvalue weighted by atomic mass is 10.0. The molecule has 0 spiro atoms. The van der Waals surface area contributed by atoms with Crippen LogP contribution in [-0.4, -0.2) is 27.1 Å². The second-order valence-corrected chi connectivity index (χ2v) is 10.8. The van der Waals surface area contributed by atoms with Gasteiger partial charge in [0, 0.05) is 34.1 Å². The molecule has 0 saturated carbocycles. The molecule has 7 heteroatoms. The van der Waals surface area contributed by atoms with Crippen LogP contribution < -0.4 is 9.46 Å². The molecule has 0 amide bonds. The predicted molar refractivity (Wildman–Crippen MR) is 151 cm³/mol. The number of rotatable bonds is 8. The summed E-state index contributed by atoms with van der Waals surface area (Å²) in [6.45, 7) is 0.263. The zero-order chi connectivity index (χ0) is 26.1. The van der Waals surface area contributed by atoms with Crippen LogP contribution in [0.25, 0.3) is 44.5 Å². The van der Waals surface area contributed by atoms with E-state index < -0.39 is 10.0 Å². The van der Waals surface area contributed by atoms with Gasteiger partial charge in [-0.25, -0.2) is 13.1 Å². The average molecular weight is 523 g/mol.